The van der Waals surface area contributed by atoms with E-state index in [1.54, 1.807) is 0 Å². The van der Waals surface area contributed by atoms with Crippen LogP contribution in [0.4, 0.5) is 0 Å². The van der Waals surface area contributed by atoms with Gasteiger partial charge >= 0.3 is 0 Å². The Balaban J connectivity index is 3.54. The molecule has 15 heavy (non-hydrogen) atoms. The number of hydrogen-bond acceptors (Lipinski definition) is 4. The summed E-state index contributed by atoms with van der Waals surface area (Å²) in [5.41, 5.74) is 0. The van der Waals surface area contributed by atoms with Crippen molar-refractivity contribution >= 4 is 0 Å². The Bertz CT molecular complexity index is 141. The normalized spacial score (nSPS) is 17.4. The molecular formula is C11H24O4. The fraction of sp³-hybridized carbons (Fsp3) is 1.00. The Morgan fingerprint density at radius 2 is 1.47 bits per heavy atom. The first-order valence-corrected chi connectivity index (χ1v) is 5.69. The SMILES string of the molecule is CC(CO)CCC(O)C(O)CCCCO. The lowest BCUT2D eigenvalue weighted by molar-refractivity contribution is 0.00374. The first-order chi connectivity index (χ1) is 7.11. The quantitative estimate of drug-likeness (QED) is 0.421. The second kappa shape index (κ2) is 9.09. The van der Waals surface area contributed by atoms with E-state index in [2.05, 4.69) is 0 Å². The summed E-state index contributed by atoms with van der Waals surface area (Å²) in [6, 6.07) is 0. The molecule has 0 fully saturated rings. The second-order valence-corrected chi connectivity index (χ2v) is 4.22. The fourth-order valence-electron chi connectivity index (χ4n) is 1.40. The molecule has 3 atom stereocenters. The Hall–Kier alpha value is -0.160. The molecule has 0 saturated heterocycles. The highest BCUT2D eigenvalue weighted by Gasteiger charge is 2.16. The average Bonchev–Trinajstić information content (AvgIpc) is 2.25. The molecule has 4 N–H and O–H groups in total. The highest BCUT2D eigenvalue weighted by molar-refractivity contribution is 4.68. The van der Waals surface area contributed by atoms with Crippen molar-refractivity contribution in [3.8, 4) is 0 Å². The standard InChI is InChI=1S/C11H24O4/c1-9(8-13)5-6-11(15)10(14)4-2-3-7-12/h9-15H,2-8H2,1H3. The zero-order valence-electron chi connectivity index (χ0n) is 9.47. The third-order valence-corrected chi connectivity index (χ3v) is 2.62. The molecule has 0 aromatic heterocycles. The van der Waals surface area contributed by atoms with Crippen LogP contribution in [0.5, 0.6) is 0 Å². The molecule has 0 spiro atoms. The van der Waals surface area contributed by atoms with Gasteiger partial charge in [0.05, 0.1) is 12.2 Å². The summed E-state index contributed by atoms with van der Waals surface area (Å²) in [6.45, 7) is 2.16. The minimum Gasteiger partial charge on any atom is -0.396 e. The minimum absolute atomic E-state index is 0.118. The molecule has 0 aliphatic carbocycles. The summed E-state index contributed by atoms with van der Waals surface area (Å²) in [5.74, 6) is 0.171. The van der Waals surface area contributed by atoms with Crippen LogP contribution in [0.25, 0.3) is 0 Å². The predicted octanol–water partition coefficient (Wildman–Crippen LogP) is 0.279. The van der Waals surface area contributed by atoms with E-state index in [0.29, 0.717) is 25.7 Å². The van der Waals surface area contributed by atoms with Crippen LogP contribution in [-0.2, 0) is 0 Å². The Labute approximate surface area is 91.6 Å². The molecule has 0 aromatic carbocycles. The van der Waals surface area contributed by atoms with Gasteiger partial charge in [-0.1, -0.05) is 6.92 Å². The maximum atomic E-state index is 9.57. The summed E-state index contributed by atoms with van der Waals surface area (Å²) < 4.78 is 0. The van der Waals surface area contributed by atoms with Crippen LogP contribution in [0.2, 0.25) is 0 Å². The van der Waals surface area contributed by atoms with Gasteiger partial charge in [0.15, 0.2) is 0 Å². The predicted molar refractivity (Wildman–Crippen MR) is 58.4 cm³/mol. The van der Waals surface area contributed by atoms with Gasteiger partial charge in [-0.25, -0.2) is 0 Å². The van der Waals surface area contributed by atoms with Gasteiger partial charge in [-0.05, 0) is 38.0 Å². The van der Waals surface area contributed by atoms with Crippen LogP contribution in [0.3, 0.4) is 0 Å². The first kappa shape index (κ1) is 14.8. The Kier molecular flexibility index (Phi) is 9.00. The largest absolute Gasteiger partial charge is 0.396 e. The monoisotopic (exact) mass is 220 g/mol. The average molecular weight is 220 g/mol. The van der Waals surface area contributed by atoms with E-state index in [4.69, 9.17) is 10.2 Å². The van der Waals surface area contributed by atoms with E-state index >= 15 is 0 Å². The van der Waals surface area contributed by atoms with Crippen LogP contribution in [-0.4, -0.2) is 45.8 Å². The van der Waals surface area contributed by atoms with Gasteiger partial charge in [-0.3, -0.25) is 0 Å². The molecule has 0 radical (unpaired) electrons. The molecule has 4 heteroatoms. The van der Waals surface area contributed by atoms with Gasteiger partial charge in [0.1, 0.15) is 0 Å². The number of rotatable bonds is 9. The van der Waals surface area contributed by atoms with Crippen molar-refractivity contribution in [2.45, 2.75) is 51.2 Å². The zero-order chi connectivity index (χ0) is 11.7. The number of unbranched alkanes of at least 4 members (excludes halogenated alkanes) is 1. The summed E-state index contributed by atoms with van der Waals surface area (Å²) in [5, 5.41) is 36.4. The summed E-state index contributed by atoms with van der Waals surface area (Å²) in [4.78, 5) is 0. The molecule has 0 heterocycles. The highest BCUT2D eigenvalue weighted by Crippen LogP contribution is 2.13. The molecule has 0 rings (SSSR count). The molecule has 0 bridgehead atoms. The molecule has 92 valence electrons. The van der Waals surface area contributed by atoms with Crippen molar-refractivity contribution in [3.05, 3.63) is 0 Å². The Morgan fingerprint density at radius 3 is 2.00 bits per heavy atom. The summed E-state index contributed by atoms with van der Waals surface area (Å²) in [6.07, 6.45) is 1.73. The molecule has 0 aliphatic heterocycles. The van der Waals surface area contributed by atoms with Crippen molar-refractivity contribution in [2.75, 3.05) is 13.2 Å². The Morgan fingerprint density at radius 1 is 0.867 bits per heavy atom. The minimum atomic E-state index is -0.710. The van der Waals surface area contributed by atoms with Crippen molar-refractivity contribution in [3.63, 3.8) is 0 Å². The van der Waals surface area contributed by atoms with Gasteiger partial charge in [0, 0.05) is 13.2 Å². The van der Waals surface area contributed by atoms with Gasteiger partial charge in [0.25, 0.3) is 0 Å². The molecular weight excluding hydrogens is 196 g/mol. The maximum Gasteiger partial charge on any atom is 0.0799 e. The van der Waals surface area contributed by atoms with Crippen molar-refractivity contribution < 1.29 is 20.4 Å². The topological polar surface area (TPSA) is 80.9 Å². The molecule has 0 saturated carbocycles. The van der Waals surface area contributed by atoms with Crippen LogP contribution >= 0.6 is 0 Å². The van der Waals surface area contributed by atoms with Crippen molar-refractivity contribution in [1.82, 2.24) is 0 Å². The van der Waals surface area contributed by atoms with E-state index in [-0.39, 0.29) is 19.1 Å². The second-order valence-electron chi connectivity index (χ2n) is 4.22. The summed E-state index contributed by atoms with van der Waals surface area (Å²) in [7, 11) is 0. The lowest BCUT2D eigenvalue weighted by atomic mass is 9.98. The molecule has 0 aliphatic rings. The van der Waals surface area contributed by atoms with Crippen molar-refractivity contribution in [1.29, 1.82) is 0 Å². The van der Waals surface area contributed by atoms with Crippen LogP contribution in [0, 0.1) is 5.92 Å². The van der Waals surface area contributed by atoms with E-state index < -0.39 is 12.2 Å². The van der Waals surface area contributed by atoms with Crippen LogP contribution in [0.1, 0.15) is 39.0 Å². The van der Waals surface area contributed by atoms with Crippen LogP contribution in [0.15, 0.2) is 0 Å². The van der Waals surface area contributed by atoms with Crippen molar-refractivity contribution in [2.24, 2.45) is 5.92 Å². The zero-order valence-corrected chi connectivity index (χ0v) is 9.47. The third kappa shape index (κ3) is 7.73. The highest BCUT2D eigenvalue weighted by atomic mass is 16.3. The van der Waals surface area contributed by atoms with Gasteiger partial charge in [-0.15, -0.1) is 0 Å². The maximum absolute atomic E-state index is 9.57. The van der Waals surface area contributed by atoms with Gasteiger partial charge in [0.2, 0.25) is 0 Å². The number of aliphatic hydroxyl groups is 4. The van der Waals surface area contributed by atoms with E-state index in [9.17, 15) is 10.2 Å². The molecule has 0 aromatic rings. The first-order valence-electron chi connectivity index (χ1n) is 5.69. The van der Waals surface area contributed by atoms with Gasteiger partial charge in [-0.2, -0.15) is 0 Å². The number of hydrogen-bond donors (Lipinski definition) is 4. The smallest absolute Gasteiger partial charge is 0.0799 e. The third-order valence-electron chi connectivity index (χ3n) is 2.62. The number of aliphatic hydroxyl groups excluding tert-OH is 4. The van der Waals surface area contributed by atoms with E-state index in [1.165, 1.54) is 0 Å². The van der Waals surface area contributed by atoms with Gasteiger partial charge < -0.3 is 20.4 Å². The molecule has 0 amide bonds. The van der Waals surface area contributed by atoms with E-state index in [0.717, 1.165) is 6.42 Å². The van der Waals surface area contributed by atoms with E-state index in [1.807, 2.05) is 6.92 Å². The molecule has 3 unspecified atom stereocenters. The fourth-order valence-corrected chi connectivity index (χ4v) is 1.40. The lowest BCUT2D eigenvalue weighted by Crippen LogP contribution is -2.26. The van der Waals surface area contributed by atoms with Crippen LogP contribution < -0.4 is 0 Å². The lowest BCUT2D eigenvalue weighted by Gasteiger charge is -2.18. The molecule has 4 nitrogen and oxygen atoms in total. The summed E-state index contributed by atoms with van der Waals surface area (Å²) >= 11 is 0.